The quantitative estimate of drug-likeness (QED) is 0.816. The van der Waals surface area contributed by atoms with Crippen molar-refractivity contribution in [2.24, 2.45) is 23.2 Å². The van der Waals surface area contributed by atoms with Crippen LogP contribution in [0.15, 0.2) is 24.3 Å². The van der Waals surface area contributed by atoms with E-state index in [1.807, 2.05) is 23.1 Å². The van der Waals surface area contributed by atoms with E-state index in [9.17, 15) is 9.59 Å². The second-order valence-corrected chi connectivity index (χ2v) is 9.57. The Bertz CT molecular complexity index is 817. The molecule has 2 amide bonds. The third kappa shape index (κ3) is 2.92. The molecule has 5 fully saturated rings. The van der Waals surface area contributed by atoms with Gasteiger partial charge in [-0.1, -0.05) is 12.0 Å². The fourth-order valence-electron chi connectivity index (χ4n) is 6.87. The lowest BCUT2D eigenvalue weighted by molar-refractivity contribution is -0.160. The van der Waals surface area contributed by atoms with Gasteiger partial charge in [-0.2, -0.15) is 0 Å². The van der Waals surface area contributed by atoms with Crippen molar-refractivity contribution in [3.63, 3.8) is 0 Å². The first kappa shape index (κ1) is 17.8. The standard InChI is InChI=1S/C24H28N2O2/c1-2-16-5-3-6-20(12-16)25-22(27)21-7-4-8-26(21)23(28)24-13-17-9-18(14-24)11-19(10-17)15-24/h1,3,5-6,12,17-19,21H,4,7-11,13-15H2,(H,25,27)/t17?,18?,19?,21-,24?/m0/s1. The van der Waals surface area contributed by atoms with E-state index in [1.165, 1.54) is 19.3 Å². The molecule has 4 saturated carbocycles. The summed E-state index contributed by atoms with van der Waals surface area (Å²) < 4.78 is 0. The van der Waals surface area contributed by atoms with Crippen molar-refractivity contribution >= 4 is 17.5 Å². The van der Waals surface area contributed by atoms with Crippen LogP contribution in [0.3, 0.4) is 0 Å². The zero-order valence-corrected chi connectivity index (χ0v) is 16.3. The van der Waals surface area contributed by atoms with Gasteiger partial charge in [0.05, 0.1) is 5.41 Å². The number of nitrogens with zero attached hydrogens (tertiary/aromatic N) is 1. The van der Waals surface area contributed by atoms with Gasteiger partial charge in [-0.15, -0.1) is 6.42 Å². The maximum Gasteiger partial charge on any atom is 0.247 e. The number of terminal acetylenes is 1. The van der Waals surface area contributed by atoms with Crippen LogP contribution in [0.25, 0.3) is 0 Å². The molecule has 146 valence electrons. The number of amides is 2. The summed E-state index contributed by atoms with van der Waals surface area (Å²) in [5.74, 6) is 4.98. The van der Waals surface area contributed by atoms with Gasteiger partial charge >= 0.3 is 0 Å². The van der Waals surface area contributed by atoms with Crippen LogP contribution in [0.1, 0.15) is 56.9 Å². The minimum atomic E-state index is -0.352. The van der Waals surface area contributed by atoms with Gasteiger partial charge in [-0.05, 0) is 87.3 Å². The smallest absolute Gasteiger partial charge is 0.247 e. The van der Waals surface area contributed by atoms with Crippen LogP contribution in [0.4, 0.5) is 5.69 Å². The topological polar surface area (TPSA) is 49.4 Å². The maximum atomic E-state index is 13.7. The van der Waals surface area contributed by atoms with Gasteiger partial charge in [0.15, 0.2) is 0 Å². The average molecular weight is 377 g/mol. The molecule has 0 aromatic heterocycles. The van der Waals surface area contributed by atoms with Crippen molar-refractivity contribution < 1.29 is 9.59 Å². The molecular formula is C24H28N2O2. The number of hydrogen-bond acceptors (Lipinski definition) is 2. The third-order valence-electron chi connectivity index (χ3n) is 7.61. The molecule has 1 aliphatic heterocycles. The van der Waals surface area contributed by atoms with Crippen LogP contribution < -0.4 is 5.32 Å². The fraction of sp³-hybridized carbons (Fsp3) is 0.583. The van der Waals surface area contributed by atoms with Crippen LogP contribution in [-0.4, -0.2) is 29.3 Å². The summed E-state index contributed by atoms with van der Waals surface area (Å²) in [6.07, 6.45) is 14.2. The molecular weight excluding hydrogens is 348 g/mol. The van der Waals surface area contributed by atoms with Gasteiger partial charge < -0.3 is 10.2 Å². The van der Waals surface area contributed by atoms with Crippen LogP contribution in [-0.2, 0) is 9.59 Å². The number of hydrogen-bond donors (Lipinski definition) is 1. The lowest BCUT2D eigenvalue weighted by Gasteiger charge is -2.56. The molecule has 1 N–H and O–H groups in total. The normalized spacial score (nSPS) is 35.6. The van der Waals surface area contributed by atoms with Gasteiger partial charge in [0.25, 0.3) is 0 Å². The molecule has 0 spiro atoms. The molecule has 1 heterocycles. The Kier molecular flexibility index (Phi) is 4.23. The molecule has 1 atom stereocenters. The molecule has 1 saturated heterocycles. The Labute approximate surface area is 167 Å². The van der Waals surface area contributed by atoms with Crippen molar-refractivity contribution in [1.82, 2.24) is 4.90 Å². The highest BCUT2D eigenvalue weighted by Gasteiger charge is 2.56. The van der Waals surface area contributed by atoms with Gasteiger partial charge in [0.1, 0.15) is 6.04 Å². The van der Waals surface area contributed by atoms with Gasteiger partial charge in [0.2, 0.25) is 11.8 Å². The van der Waals surface area contributed by atoms with E-state index in [0.717, 1.165) is 55.4 Å². The Morgan fingerprint density at radius 3 is 2.43 bits per heavy atom. The zero-order chi connectivity index (χ0) is 19.3. The summed E-state index contributed by atoms with van der Waals surface area (Å²) in [4.78, 5) is 28.6. The fourth-order valence-corrected chi connectivity index (χ4v) is 6.87. The number of benzene rings is 1. The molecule has 4 bridgehead atoms. The summed E-state index contributed by atoms with van der Waals surface area (Å²) in [6, 6.07) is 6.98. The monoisotopic (exact) mass is 376 g/mol. The predicted octanol–water partition coefficient (Wildman–Crippen LogP) is 3.81. The number of likely N-dealkylation sites (tertiary alicyclic amines) is 1. The van der Waals surface area contributed by atoms with Crippen LogP contribution in [0.2, 0.25) is 0 Å². The van der Waals surface area contributed by atoms with E-state index in [1.54, 1.807) is 6.07 Å². The van der Waals surface area contributed by atoms with Crippen LogP contribution in [0.5, 0.6) is 0 Å². The third-order valence-corrected chi connectivity index (χ3v) is 7.61. The summed E-state index contributed by atoms with van der Waals surface area (Å²) in [5.41, 5.74) is 1.27. The van der Waals surface area contributed by atoms with E-state index in [2.05, 4.69) is 11.2 Å². The molecule has 1 aromatic carbocycles. The summed E-state index contributed by atoms with van der Waals surface area (Å²) in [7, 11) is 0. The number of anilines is 1. The minimum absolute atomic E-state index is 0.0789. The second-order valence-electron chi connectivity index (χ2n) is 9.57. The first-order valence-corrected chi connectivity index (χ1v) is 10.7. The number of rotatable bonds is 3. The molecule has 0 unspecified atom stereocenters. The average Bonchev–Trinajstić information content (AvgIpc) is 3.16. The lowest BCUT2D eigenvalue weighted by atomic mass is 9.49. The van der Waals surface area contributed by atoms with Gasteiger partial charge in [-0.25, -0.2) is 0 Å². The summed E-state index contributed by atoms with van der Waals surface area (Å²) in [6.45, 7) is 0.711. The van der Waals surface area contributed by atoms with Crippen molar-refractivity contribution in [3.05, 3.63) is 29.8 Å². The van der Waals surface area contributed by atoms with Crippen molar-refractivity contribution in [2.45, 2.75) is 57.4 Å². The first-order chi connectivity index (χ1) is 13.6. The zero-order valence-electron chi connectivity index (χ0n) is 16.3. The van der Waals surface area contributed by atoms with E-state index in [4.69, 9.17) is 6.42 Å². The largest absolute Gasteiger partial charge is 0.330 e. The summed E-state index contributed by atoms with van der Waals surface area (Å²) >= 11 is 0. The lowest BCUT2D eigenvalue weighted by Crippen LogP contribution is -2.56. The second kappa shape index (κ2) is 6.65. The van der Waals surface area contributed by atoms with E-state index < -0.39 is 0 Å². The SMILES string of the molecule is C#Cc1cccc(NC(=O)[C@@H]2CCCN2C(=O)C23CC4CC(CC(C4)C2)C3)c1. The highest BCUT2D eigenvalue weighted by molar-refractivity contribution is 5.98. The van der Waals surface area contributed by atoms with Crippen molar-refractivity contribution in [3.8, 4) is 12.3 Å². The Hall–Kier alpha value is -2.28. The van der Waals surface area contributed by atoms with Crippen LogP contribution >= 0.6 is 0 Å². The summed E-state index contributed by atoms with van der Waals surface area (Å²) in [5, 5.41) is 2.99. The molecule has 0 radical (unpaired) electrons. The molecule has 4 heteroatoms. The number of nitrogens with one attached hydrogen (secondary N) is 1. The van der Waals surface area contributed by atoms with Crippen molar-refractivity contribution in [2.75, 3.05) is 11.9 Å². The van der Waals surface area contributed by atoms with Gasteiger partial charge in [-0.3, -0.25) is 9.59 Å². The Morgan fingerprint density at radius 2 is 1.79 bits per heavy atom. The van der Waals surface area contributed by atoms with E-state index in [-0.39, 0.29) is 23.3 Å². The molecule has 28 heavy (non-hydrogen) atoms. The molecule has 1 aromatic rings. The molecule has 4 nitrogen and oxygen atoms in total. The number of carbonyl (C=O) groups is 2. The van der Waals surface area contributed by atoms with Gasteiger partial charge in [0, 0.05) is 17.8 Å². The highest BCUT2D eigenvalue weighted by Crippen LogP contribution is 2.60. The van der Waals surface area contributed by atoms with E-state index >= 15 is 0 Å². The highest BCUT2D eigenvalue weighted by atomic mass is 16.2. The van der Waals surface area contributed by atoms with Crippen LogP contribution in [0, 0.1) is 35.5 Å². The predicted molar refractivity (Wildman–Crippen MR) is 108 cm³/mol. The Morgan fingerprint density at radius 1 is 1.11 bits per heavy atom. The van der Waals surface area contributed by atoms with E-state index in [0.29, 0.717) is 12.2 Å². The molecule has 5 aliphatic rings. The van der Waals surface area contributed by atoms with Crippen molar-refractivity contribution in [1.29, 1.82) is 0 Å². The minimum Gasteiger partial charge on any atom is -0.330 e. The first-order valence-electron chi connectivity index (χ1n) is 10.7. The maximum absolute atomic E-state index is 13.7. The Balaban J connectivity index is 1.33. The number of carbonyl (C=O) groups excluding carboxylic acids is 2. The molecule has 6 rings (SSSR count). The molecule has 4 aliphatic carbocycles.